The van der Waals surface area contributed by atoms with Crippen LogP contribution in [0.5, 0.6) is 0 Å². The molecule has 0 unspecified atom stereocenters. The Kier molecular flexibility index (Phi) is 5.10. The van der Waals surface area contributed by atoms with Crippen molar-refractivity contribution in [2.75, 3.05) is 10.6 Å². The third-order valence-electron chi connectivity index (χ3n) is 4.90. The van der Waals surface area contributed by atoms with Gasteiger partial charge in [0, 0.05) is 35.6 Å². The van der Waals surface area contributed by atoms with Gasteiger partial charge in [0.2, 0.25) is 0 Å². The summed E-state index contributed by atoms with van der Waals surface area (Å²) in [5.74, 6) is 0. The number of hydrogen-bond donors (Lipinski definition) is 2. The van der Waals surface area contributed by atoms with Gasteiger partial charge in [-0.05, 0) is 48.4 Å². The van der Waals surface area contributed by atoms with Crippen molar-refractivity contribution in [3.05, 3.63) is 72.2 Å². The lowest BCUT2D eigenvalue weighted by Crippen LogP contribution is -2.19. The molecule has 2 amide bonds. The van der Waals surface area contributed by atoms with Crippen LogP contribution in [0.25, 0.3) is 22.0 Å². The summed E-state index contributed by atoms with van der Waals surface area (Å²) in [6, 6.07) is 9.20. The van der Waals surface area contributed by atoms with Crippen LogP contribution in [0.2, 0.25) is 0 Å². The molecule has 31 heavy (non-hydrogen) atoms. The fourth-order valence-electron chi connectivity index (χ4n) is 3.38. The van der Waals surface area contributed by atoms with Gasteiger partial charge in [0.25, 0.3) is 0 Å². The molecule has 4 aromatic rings. The first-order valence-electron chi connectivity index (χ1n) is 9.34. The Labute approximate surface area is 175 Å². The number of nitrogens with zero attached hydrogens (tertiary/aromatic N) is 3. The Morgan fingerprint density at radius 1 is 0.968 bits per heavy atom. The van der Waals surface area contributed by atoms with E-state index < -0.39 is 17.8 Å². The number of nitrogens with one attached hydrogen (secondary N) is 2. The molecule has 2 aromatic heterocycles. The predicted octanol–water partition coefficient (Wildman–Crippen LogP) is 5.61. The number of pyridine rings is 1. The number of rotatable bonds is 3. The number of hydrogen-bond acceptors (Lipinski definition) is 3. The maximum atomic E-state index is 12.8. The molecular formula is C22H18F3N5O. The van der Waals surface area contributed by atoms with Gasteiger partial charge < -0.3 is 10.6 Å². The standard InChI is InChI=1S/C22H18F3N5O/c1-13-8-16(29-21(31)28-15-5-3-4-14(9-15)22(23,24)25)6-7-17(13)18-10-26-12-20-19(18)11-27-30(20)2/h3-12H,1-2H3,(H2,28,29,31). The average molecular weight is 425 g/mol. The van der Waals surface area contributed by atoms with Crippen LogP contribution in [0.15, 0.2) is 61.1 Å². The van der Waals surface area contributed by atoms with Crippen molar-refractivity contribution in [1.29, 1.82) is 0 Å². The van der Waals surface area contributed by atoms with Gasteiger partial charge in [0.15, 0.2) is 0 Å². The van der Waals surface area contributed by atoms with Gasteiger partial charge in [-0.25, -0.2) is 4.79 Å². The largest absolute Gasteiger partial charge is 0.416 e. The normalized spacial score (nSPS) is 11.5. The fraction of sp³-hybridized carbons (Fsp3) is 0.136. The summed E-state index contributed by atoms with van der Waals surface area (Å²) >= 11 is 0. The molecule has 0 fully saturated rings. The molecule has 158 valence electrons. The van der Waals surface area contributed by atoms with Crippen molar-refractivity contribution < 1.29 is 18.0 Å². The average Bonchev–Trinajstić information content (AvgIpc) is 3.09. The predicted molar refractivity (Wildman–Crippen MR) is 113 cm³/mol. The van der Waals surface area contributed by atoms with E-state index in [2.05, 4.69) is 20.7 Å². The number of benzene rings is 2. The van der Waals surface area contributed by atoms with Crippen LogP contribution in [-0.4, -0.2) is 20.8 Å². The summed E-state index contributed by atoms with van der Waals surface area (Å²) < 4.78 is 40.3. The zero-order valence-corrected chi connectivity index (χ0v) is 16.7. The molecule has 0 spiro atoms. The molecule has 0 aliphatic heterocycles. The van der Waals surface area contributed by atoms with Crippen LogP contribution in [0.4, 0.5) is 29.3 Å². The first-order chi connectivity index (χ1) is 14.7. The first kappa shape index (κ1) is 20.4. The second-order valence-electron chi connectivity index (χ2n) is 7.08. The monoisotopic (exact) mass is 425 g/mol. The molecule has 0 saturated heterocycles. The van der Waals surface area contributed by atoms with E-state index in [1.807, 2.05) is 20.0 Å². The second kappa shape index (κ2) is 7.75. The van der Waals surface area contributed by atoms with Crippen molar-refractivity contribution in [2.45, 2.75) is 13.1 Å². The first-order valence-corrected chi connectivity index (χ1v) is 9.34. The van der Waals surface area contributed by atoms with Gasteiger partial charge in [-0.15, -0.1) is 0 Å². The number of aromatic nitrogens is 3. The van der Waals surface area contributed by atoms with Crippen molar-refractivity contribution in [3.8, 4) is 11.1 Å². The van der Waals surface area contributed by atoms with Crippen LogP contribution in [0, 0.1) is 6.92 Å². The van der Waals surface area contributed by atoms with Gasteiger partial charge in [-0.2, -0.15) is 18.3 Å². The Hall–Kier alpha value is -3.88. The molecule has 0 aliphatic carbocycles. The summed E-state index contributed by atoms with van der Waals surface area (Å²) in [7, 11) is 1.84. The van der Waals surface area contributed by atoms with E-state index in [1.165, 1.54) is 12.1 Å². The molecule has 2 N–H and O–H groups in total. The maximum absolute atomic E-state index is 12.8. The number of urea groups is 1. The molecule has 0 radical (unpaired) electrons. The molecule has 2 heterocycles. The van der Waals surface area contributed by atoms with Gasteiger partial charge in [-0.3, -0.25) is 9.67 Å². The molecule has 0 saturated carbocycles. The molecule has 2 aromatic carbocycles. The van der Waals surface area contributed by atoms with E-state index in [0.29, 0.717) is 5.69 Å². The zero-order valence-electron chi connectivity index (χ0n) is 16.7. The Morgan fingerprint density at radius 3 is 2.42 bits per heavy atom. The summed E-state index contributed by atoms with van der Waals surface area (Å²) in [6.07, 6.45) is 0.808. The smallest absolute Gasteiger partial charge is 0.308 e. The highest BCUT2D eigenvalue weighted by Gasteiger charge is 2.30. The number of alkyl halides is 3. The SMILES string of the molecule is Cc1cc(NC(=O)Nc2cccc(C(F)(F)F)c2)ccc1-c1cncc2c1cnn2C. The second-order valence-corrected chi connectivity index (χ2v) is 7.08. The van der Waals surface area contributed by atoms with Crippen LogP contribution in [-0.2, 0) is 13.2 Å². The van der Waals surface area contributed by atoms with E-state index >= 15 is 0 Å². The fourth-order valence-corrected chi connectivity index (χ4v) is 3.38. The third-order valence-corrected chi connectivity index (χ3v) is 4.90. The number of anilines is 2. The summed E-state index contributed by atoms with van der Waals surface area (Å²) in [6.45, 7) is 1.90. The number of aryl methyl sites for hydroxylation is 2. The van der Waals surface area contributed by atoms with Gasteiger partial charge >= 0.3 is 12.2 Å². The number of carbonyl (C=O) groups excluding carboxylic acids is 1. The third kappa shape index (κ3) is 4.20. The van der Waals surface area contributed by atoms with Crippen molar-refractivity contribution in [1.82, 2.24) is 14.8 Å². The van der Waals surface area contributed by atoms with Gasteiger partial charge in [0.1, 0.15) is 0 Å². The van der Waals surface area contributed by atoms with E-state index in [9.17, 15) is 18.0 Å². The lowest BCUT2D eigenvalue weighted by molar-refractivity contribution is -0.137. The molecule has 0 bridgehead atoms. The summed E-state index contributed by atoms with van der Waals surface area (Å²) in [5, 5.41) is 10.3. The lowest BCUT2D eigenvalue weighted by Gasteiger charge is -2.12. The number of halogens is 3. The Balaban J connectivity index is 1.53. The number of fused-ring (bicyclic) bond motifs is 1. The van der Waals surface area contributed by atoms with Crippen molar-refractivity contribution in [2.24, 2.45) is 7.05 Å². The van der Waals surface area contributed by atoms with Crippen LogP contribution in [0.3, 0.4) is 0 Å². The quantitative estimate of drug-likeness (QED) is 0.448. The molecule has 6 nitrogen and oxygen atoms in total. The van der Waals surface area contributed by atoms with Crippen LogP contribution >= 0.6 is 0 Å². The maximum Gasteiger partial charge on any atom is 0.416 e. The number of carbonyl (C=O) groups is 1. The summed E-state index contributed by atoms with van der Waals surface area (Å²) in [4.78, 5) is 16.5. The minimum absolute atomic E-state index is 0.0509. The topological polar surface area (TPSA) is 71.8 Å². The molecule has 0 aliphatic rings. The highest BCUT2D eigenvalue weighted by atomic mass is 19.4. The van der Waals surface area contributed by atoms with Crippen molar-refractivity contribution in [3.63, 3.8) is 0 Å². The van der Waals surface area contributed by atoms with Crippen molar-refractivity contribution >= 4 is 28.3 Å². The number of amides is 2. The van der Waals surface area contributed by atoms with E-state index in [0.717, 1.165) is 39.7 Å². The summed E-state index contributed by atoms with van der Waals surface area (Å²) in [5.41, 5.74) is 3.39. The zero-order chi connectivity index (χ0) is 22.2. The molecule has 4 rings (SSSR count). The molecular weight excluding hydrogens is 407 g/mol. The minimum atomic E-state index is -4.48. The van der Waals surface area contributed by atoms with E-state index in [4.69, 9.17) is 0 Å². The Bertz CT molecular complexity index is 1280. The highest BCUT2D eigenvalue weighted by molar-refractivity contribution is 6.00. The van der Waals surface area contributed by atoms with E-state index in [-0.39, 0.29) is 5.69 Å². The highest BCUT2D eigenvalue weighted by Crippen LogP contribution is 2.32. The lowest BCUT2D eigenvalue weighted by atomic mass is 9.99. The molecule has 9 heteroatoms. The van der Waals surface area contributed by atoms with Crippen LogP contribution < -0.4 is 10.6 Å². The van der Waals surface area contributed by atoms with Gasteiger partial charge in [-0.1, -0.05) is 12.1 Å². The van der Waals surface area contributed by atoms with E-state index in [1.54, 1.807) is 35.4 Å². The minimum Gasteiger partial charge on any atom is -0.308 e. The van der Waals surface area contributed by atoms with Gasteiger partial charge in [0.05, 0.1) is 23.5 Å². The van der Waals surface area contributed by atoms with Crippen LogP contribution in [0.1, 0.15) is 11.1 Å². The molecule has 0 atom stereocenters. The Morgan fingerprint density at radius 2 is 1.71 bits per heavy atom.